The number of non-ortho nitro benzene ring substituents is 1. The highest BCUT2D eigenvalue weighted by Gasteiger charge is 2.15. The minimum absolute atomic E-state index is 0.112. The van der Waals surface area contributed by atoms with E-state index in [1.54, 1.807) is 0 Å². The Bertz CT molecular complexity index is 453. The zero-order valence-corrected chi connectivity index (χ0v) is 11.3. The van der Waals surface area contributed by atoms with Gasteiger partial charge in [-0.25, -0.2) is 0 Å². The summed E-state index contributed by atoms with van der Waals surface area (Å²) in [6.45, 7) is 1.86. The van der Waals surface area contributed by atoms with Gasteiger partial charge in [0.1, 0.15) is 0 Å². The molecule has 0 saturated heterocycles. The van der Waals surface area contributed by atoms with Crippen LogP contribution in [0, 0.1) is 10.1 Å². The van der Waals surface area contributed by atoms with Crippen molar-refractivity contribution in [3.8, 4) is 0 Å². The molecule has 0 bridgehead atoms. The van der Waals surface area contributed by atoms with Gasteiger partial charge in [0.15, 0.2) is 0 Å². The monoisotopic (exact) mass is 320 g/mol. The van der Waals surface area contributed by atoms with E-state index >= 15 is 0 Å². The lowest BCUT2D eigenvalue weighted by atomic mass is 10.2. The van der Waals surface area contributed by atoms with Crippen molar-refractivity contribution in [3.63, 3.8) is 0 Å². The van der Waals surface area contributed by atoms with Gasteiger partial charge in [-0.05, 0) is 12.5 Å². The molecular weight excluding hydrogens is 311 g/mol. The van der Waals surface area contributed by atoms with Crippen LogP contribution in [0.1, 0.15) is 13.3 Å². The molecule has 92 valence electrons. The summed E-state index contributed by atoms with van der Waals surface area (Å²) < 4.78 is 0. The molecule has 0 aromatic heterocycles. The molecule has 0 aliphatic rings. The maximum Gasteiger partial charge on any atom is 0.271 e. The fourth-order valence-corrected chi connectivity index (χ4v) is 1.45. The number of carbonyl (C=O) groups excluding carboxylic acids is 1. The number of benzene rings is 1. The highest BCUT2D eigenvalue weighted by atomic mass is 79.9. The molecular formula is C10H10BrClN2O3. The SMILES string of the molecule is CCC(Br)C(=O)Nc1ccc([N+](=O)[O-])cc1Cl. The van der Waals surface area contributed by atoms with Gasteiger partial charge in [-0.2, -0.15) is 0 Å². The van der Waals surface area contributed by atoms with Gasteiger partial charge in [0.25, 0.3) is 5.69 Å². The van der Waals surface area contributed by atoms with Gasteiger partial charge in [-0.3, -0.25) is 14.9 Å². The molecule has 0 spiro atoms. The van der Waals surface area contributed by atoms with Crippen molar-refractivity contribution in [1.82, 2.24) is 0 Å². The Kier molecular flexibility index (Phi) is 4.89. The number of amides is 1. The quantitative estimate of drug-likeness (QED) is 0.525. The van der Waals surface area contributed by atoms with Crippen LogP contribution in [0.25, 0.3) is 0 Å². The number of halogens is 2. The van der Waals surface area contributed by atoms with Crippen LogP contribution in [0.3, 0.4) is 0 Å². The standard InChI is InChI=1S/C10H10BrClN2O3/c1-2-7(11)10(15)13-9-4-3-6(14(16)17)5-8(9)12/h3-5,7H,2H2,1H3,(H,13,15). The number of nitro groups is 1. The third-order valence-corrected chi connectivity index (χ3v) is 3.44. The highest BCUT2D eigenvalue weighted by molar-refractivity contribution is 9.10. The van der Waals surface area contributed by atoms with E-state index in [-0.39, 0.29) is 21.4 Å². The minimum atomic E-state index is -0.545. The van der Waals surface area contributed by atoms with Crippen LogP contribution in [0.5, 0.6) is 0 Å². The maximum atomic E-state index is 11.6. The molecule has 1 atom stereocenters. The molecule has 0 radical (unpaired) electrons. The Hall–Kier alpha value is -1.14. The number of rotatable bonds is 4. The maximum absolute atomic E-state index is 11.6. The van der Waals surface area contributed by atoms with Crippen LogP contribution in [-0.4, -0.2) is 15.7 Å². The Balaban J connectivity index is 2.86. The first-order valence-corrected chi connectivity index (χ1v) is 6.14. The second-order valence-electron chi connectivity index (χ2n) is 3.29. The zero-order valence-electron chi connectivity index (χ0n) is 8.94. The molecule has 0 heterocycles. The van der Waals surface area contributed by atoms with E-state index in [0.717, 1.165) is 0 Å². The normalized spacial score (nSPS) is 11.9. The molecule has 0 aliphatic carbocycles. The third kappa shape index (κ3) is 3.67. The molecule has 0 aliphatic heterocycles. The van der Waals surface area contributed by atoms with Crippen LogP contribution in [-0.2, 0) is 4.79 Å². The van der Waals surface area contributed by atoms with E-state index in [2.05, 4.69) is 21.2 Å². The second-order valence-corrected chi connectivity index (χ2v) is 4.80. The van der Waals surface area contributed by atoms with Crippen LogP contribution in [0.2, 0.25) is 5.02 Å². The fourth-order valence-electron chi connectivity index (χ4n) is 1.12. The Morgan fingerprint density at radius 3 is 2.76 bits per heavy atom. The van der Waals surface area contributed by atoms with Crippen molar-refractivity contribution < 1.29 is 9.72 Å². The molecule has 1 N–H and O–H groups in total. The molecule has 0 saturated carbocycles. The summed E-state index contributed by atoms with van der Waals surface area (Å²) in [5, 5.41) is 13.2. The number of carbonyl (C=O) groups is 1. The summed E-state index contributed by atoms with van der Waals surface area (Å²) in [4.78, 5) is 21.2. The minimum Gasteiger partial charge on any atom is -0.324 e. The Labute approximate surface area is 111 Å². The predicted octanol–water partition coefficient (Wildman–Crippen LogP) is 3.36. The highest BCUT2D eigenvalue weighted by Crippen LogP contribution is 2.27. The molecule has 7 heteroatoms. The van der Waals surface area contributed by atoms with Gasteiger partial charge in [-0.15, -0.1) is 0 Å². The fraction of sp³-hybridized carbons (Fsp3) is 0.300. The molecule has 1 amide bonds. The zero-order chi connectivity index (χ0) is 13.0. The number of hydrogen-bond acceptors (Lipinski definition) is 3. The Morgan fingerprint density at radius 1 is 1.65 bits per heavy atom. The summed E-state index contributed by atoms with van der Waals surface area (Å²) in [5.41, 5.74) is 0.249. The lowest BCUT2D eigenvalue weighted by Gasteiger charge is -2.09. The molecule has 1 aromatic rings. The first-order chi connectivity index (χ1) is 7.95. The van der Waals surface area contributed by atoms with E-state index in [9.17, 15) is 14.9 Å². The molecule has 1 aromatic carbocycles. The second kappa shape index (κ2) is 5.97. The molecule has 17 heavy (non-hydrogen) atoms. The average molecular weight is 322 g/mol. The largest absolute Gasteiger partial charge is 0.324 e. The van der Waals surface area contributed by atoms with E-state index in [1.807, 2.05) is 6.92 Å². The van der Waals surface area contributed by atoms with Gasteiger partial charge in [0.2, 0.25) is 5.91 Å². The number of nitro benzene ring substituents is 1. The summed E-state index contributed by atoms with van der Waals surface area (Å²) >= 11 is 9.03. The van der Waals surface area contributed by atoms with Crippen LogP contribution in [0.15, 0.2) is 18.2 Å². The Morgan fingerprint density at radius 2 is 2.29 bits per heavy atom. The average Bonchev–Trinajstić information content (AvgIpc) is 2.30. The first-order valence-electron chi connectivity index (χ1n) is 4.84. The number of nitrogens with one attached hydrogen (secondary N) is 1. The predicted molar refractivity (Wildman–Crippen MR) is 69.7 cm³/mol. The molecule has 0 fully saturated rings. The van der Waals surface area contributed by atoms with E-state index < -0.39 is 4.92 Å². The van der Waals surface area contributed by atoms with Crippen LogP contribution in [0.4, 0.5) is 11.4 Å². The molecule has 1 rings (SSSR count). The van der Waals surface area contributed by atoms with Crippen molar-refractivity contribution in [3.05, 3.63) is 33.3 Å². The van der Waals surface area contributed by atoms with Gasteiger partial charge < -0.3 is 5.32 Å². The van der Waals surface area contributed by atoms with Crippen LogP contribution < -0.4 is 5.32 Å². The summed E-state index contributed by atoms with van der Waals surface area (Å²) in [6.07, 6.45) is 0.635. The number of hydrogen-bond donors (Lipinski definition) is 1. The summed E-state index contributed by atoms with van der Waals surface area (Å²) in [5.74, 6) is -0.233. The van der Waals surface area contributed by atoms with Crippen molar-refractivity contribution in [1.29, 1.82) is 0 Å². The van der Waals surface area contributed by atoms with Crippen molar-refractivity contribution in [2.24, 2.45) is 0 Å². The topological polar surface area (TPSA) is 72.2 Å². The van der Waals surface area contributed by atoms with Gasteiger partial charge in [0.05, 0.1) is 20.5 Å². The van der Waals surface area contributed by atoms with E-state index in [1.165, 1.54) is 18.2 Å². The molecule has 5 nitrogen and oxygen atoms in total. The van der Waals surface area contributed by atoms with Gasteiger partial charge in [-0.1, -0.05) is 34.5 Å². The first kappa shape index (κ1) is 13.9. The lowest BCUT2D eigenvalue weighted by Crippen LogP contribution is -2.22. The van der Waals surface area contributed by atoms with Gasteiger partial charge in [0, 0.05) is 12.1 Å². The van der Waals surface area contributed by atoms with Crippen molar-refractivity contribution in [2.75, 3.05) is 5.32 Å². The number of nitrogens with zero attached hydrogens (tertiary/aromatic N) is 1. The van der Waals surface area contributed by atoms with Crippen molar-refractivity contribution in [2.45, 2.75) is 18.2 Å². The van der Waals surface area contributed by atoms with E-state index in [4.69, 9.17) is 11.6 Å². The lowest BCUT2D eigenvalue weighted by molar-refractivity contribution is -0.384. The summed E-state index contributed by atoms with van der Waals surface area (Å²) in [7, 11) is 0. The number of alkyl halides is 1. The summed E-state index contributed by atoms with van der Waals surface area (Å²) in [6, 6.07) is 3.90. The van der Waals surface area contributed by atoms with Gasteiger partial charge >= 0.3 is 0 Å². The third-order valence-electron chi connectivity index (χ3n) is 2.06. The van der Waals surface area contributed by atoms with Crippen molar-refractivity contribution >= 4 is 44.8 Å². The number of anilines is 1. The van der Waals surface area contributed by atoms with E-state index in [0.29, 0.717) is 12.1 Å². The van der Waals surface area contributed by atoms with Crippen LogP contribution >= 0.6 is 27.5 Å². The smallest absolute Gasteiger partial charge is 0.271 e. The molecule has 1 unspecified atom stereocenters.